The van der Waals surface area contributed by atoms with E-state index in [-0.39, 0.29) is 18.0 Å². The van der Waals surface area contributed by atoms with Crippen LogP contribution in [0.25, 0.3) is 11.4 Å². The predicted molar refractivity (Wildman–Crippen MR) is 118 cm³/mol. The van der Waals surface area contributed by atoms with Gasteiger partial charge in [0.15, 0.2) is 5.82 Å². The first-order chi connectivity index (χ1) is 15.0. The van der Waals surface area contributed by atoms with Crippen molar-refractivity contribution in [2.45, 2.75) is 45.6 Å². The molecule has 1 atom stereocenters. The average molecular weight is 418 g/mol. The van der Waals surface area contributed by atoms with Crippen LogP contribution in [0.15, 0.2) is 67.0 Å². The summed E-state index contributed by atoms with van der Waals surface area (Å²) in [6.07, 6.45) is 7.14. The number of nitrogens with zero attached hydrogens (tertiary/aromatic N) is 2. The minimum Gasteiger partial charge on any atom is -0.459 e. The molecule has 0 fully saturated rings. The first-order valence-electron chi connectivity index (χ1n) is 10.4. The lowest BCUT2D eigenvalue weighted by atomic mass is 10.1. The van der Waals surface area contributed by atoms with Gasteiger partial charge in [-0.3, -0.25) is 4.79 Å². The van der Waals surface area contributed by atoms with E-state index >= 15 is 0 Å². The van der Waals surface area contributed by atoms with Crippen LogP contribution in [0.4, 0.5) is 0 Å². The Bertz CT molecular complexity index is 986. The van der Waals surface area contributed by atoms with Crippen molar-refractivity contribution >= 4 is 11.9 Å². The highest BCUT2D eigenvalue weighted by molar-refractivity contribution is 5.89. The fourth-order valence-corrected chi connectivity index (χ4v) is 3.12. The fourth-order valence-electron chi connectivity index (χ4n) is 3.12. The third-order valence-corrected chi connectivity index (χ3v) is 4.72. The second kappa shape index (κ2) is 11.0. The summed E-state index contributed by atoms with van der Waals surface area (Å²) in [7, 11) is 0. The van der Waals surface area contributed by atoms with Crippen LogP contribution < -0.4 is 4.74 Å². The Morgan fingerprint density at radius 2 is 1.61 bits per heavy atom. The molecule has 31 heavy (non-hydrogen) atoms. The third kappa shape index (κ3) is 7.03. The number of rotatable bonds is 9. The molecule has 6 nitrogen and oxygen atoms in total. The highest BCUT2D eigenvalue weighted by atomic mass is 16.5. The van der Waals surface area contributed by atoms with Gasteiger partial charge >= 0.3 is 11.9 Å². The van der Waals surface area contributed by atoms with Gasteiger partial charge in [-0.05, 0) is 74.6 Å². The maximum Gasteiger partial charge on any atom is 0.338 e. The molecule has 0 spiro atoms. The topological polar surface area (TPSA) is 78.4 Å². The third-order valence-electron chi connectivity index (χ3n) is 4.72. The maximum atomic E-state index is 12.1. The Morgan fingerprint density at radius 3 is 2.26 bits per heavy atom. The largest absolute Gasteiger partial charge is 0.459 e. The van der Waals surface area contributed by atoms with E-state index in [1.165, 1.54) is 6.92 Å². The van der Waals surface area contributed by atoms with Crippen molar-refractivity contribution in [1.82, 2.24) is 9.97 Å². The lowest BCUT2D eigenvalue weighted by Gasteiger charge is -2.13. The van der Waals surface area contributed by atoms with E-state index in [0.29, 0.717) is 17.1 Å². The zero-order valence-electron chi connectivity index (χ0n) is 17.8. The van der Waals surface area contributed by atoms with Crippen molar-refractivity contribution in [1.29, 1.82) is 0 Å². The number of hydrogen-bond donors (Lipinski definition) is 0. The SMILES string of the molecule is CC(=O)Oc1ccc(-c2ncc(CCCCC(C)OC(=O)c3ccccc3)cn2)cc1. The molecule has 3 rings (SSSR count). The lowest BCUT2D eigenvalue weighted by molar-refractivity contribution is -0.131. The summed E-state index contributed by atoms with van der Waals surface area (Å²) in [5.74, 6) is 0.492. The number of carbonyl (C=O) groups excluding carboxylic acids is 2. The number of aromatic nitrogens is 2. The molecule has 0 bridgehead atoms. The molecule has 0 radical (unpaired) electrons. The molecule has 1 aromatic heterocycles. The zero-order valence-corrected chi connectivity index (χ0v) is 17.8. The number of hydrogen-bond acceptors (Lipinski definition) is 6. The number of esters is 2. The molecule has 0 N–H and O–H groups in total. The molecule has 0 aliphatic rings. The van der Waals surface area contributed by atoms with E-state index in [2.05, 4.69) is 9.97 Å². The van der Waals surface area contributed by atoms with E-state index in [1.807, 2.05) is 49.6 Å². The van der Waals surface area contributed by atoms with Gasteiger partial charge in [0.25, 0.3) is 0 Å². The van der Waals surface area contributed by atoms with Crippen molar-refractivity contribution in [2.75, 3.05) is 0 Å². The lowest BCUT2D eigenvalue weighted by Crippen LogP contribution is -2.15. The highest BCUT2D eigenvalue weighted by Crippen LogP contribution is 2.20. The number of unbranched alkanes of at least 4 members (excludes halogenated alkanes) is 1. The van der Waals surface area contributed by atoms with Crippen LogP contribution in [0.2, 0.25) is 0 Å². The first-order valence-corrected chi connectivity index (χ1v) is 10.4. The number of benzene rings is 2. The van der Waals surface area contributed by atoms with Gasteiger partial charge in [-0.25, -0.2) is 14.8 Å². The minimum atomic E-state index is -0.350. The van der Waals surface area contributed by atoms with Crippen LogP contribution in [-0.2, 0) is 16.0 Å². The van der Waals surface area contributed by atoms with E-state index < -0.39 is 0 Å². The van der Waals surface area contributed by atoms with Crippen molar-refractivity contribution < 1.29 is 19.1 Å². The minimum absolute atomic E-state index is 0.124. The summed E-state index contributed by atoms with van der Waals surface area (Å²) in [5, 5.41) is 0. The van der Waals surface area contributed by atoms with Gasteiger partial charge < -0.3 is 9.47 Å². The predicted octanol–water partition coefficient (Wildman–Crippen LogP) is 5.03. The summed E-state index contributed by atoms with van der Waals surface area (Å²) in [6.45, 7) is 3.29. The van der Waals surface area contributed by atoms with Crippen molar-refractivity contribution in [2.24, 2.45) is 0 Å². The summed E-state index contributed by atoms with van der Waals surface area (Å²) in [6, 6.07) is 16.1. The Hall–Kier alpha value is -3.54. The van der Waals surface area contributed by atoms with Crippen LogP contribution in [0.5, 0.6) is 5.75 Å². The van der Waals surface area contributed by atoms with E-state index in [1.54, 1.807) is 24.3 Å². The monoisotopic (exact) mass is 418 g/mol. The van der Waals surface area contributed by atoms with Gasteiger partial charge in [0.05, 0.1) is 11.7 Å². The average Bonchev–Trinajstić information content (AvgIpc) is 2.78. The summed E-state index contributed by atoms with van der Waals surface area (Å²) >= 11 is 0. The molecule has 1 heterocycles. The standard InChI is InChI=1S/C25H26N2O4/c1-18(30-25(29)22-10-4-3-5-11-22)8-6-7-9-20-16-26-24(27-17-20)21-12-14-23(15-13-21)31-19(2)28/h3-5,10-18H,6-9H2,1-2H3. The normalized spacial score (nSPS) is 11.5. The second-order valence-corrected chi connectivity index (χ2v) is 7.36. The number of aryl methyl sites for hydroxylation is 1. The maximum absolute atomic E-state index is 12.1. The molecule has 0 aliphatic heterocycles. The quantitative estimate of drug-likeness (QED) is 0.276. The van der Waals surface area contributed by atoms with Gasteiger partial charge in [0.2, 0.25) is 0 Å². The molecule has 1 unspecified atom stereocenters. The molecule has 160 valence electrons. The van der Waals surface area contributed by atoms with E-state index in [0.717, 1.165) is 36.8 Å². The molecular weight excluding hydrogens is 392 g/mol. The number of ether oxygens (including phenoxy) is 2. The molecular formula is C25H26N2O4. The molecule has 0 saturated carbocycles. The van der Waals surface area contributed by atoms with Crippen LogP contribution in [0.3, 0.4) is 0 Å². The Kier molecular flexibility index (Phi) is 7.87. The Balaban J connectivity index is 1.41. The number of carbonyl (C=O) groups is 2. The highest BCUT2D eigenvalue weighted by Gasteiger charge is 2.11. The van der Waals surface area contributed by atoms with Crippen molar-refractivity contribution in [3.05, 3.63) is 78.1 Å². The first kappa shape index (κ1) is 22.2. The summed E-state index contributed by atoms with van der Waals surface area (Å²) < 4.78 is 10.5. The molecule has 2 aromatic carbocycles. The van der Waals surface area contributed by atoms with E-state index in [9.17, 15) is 9.59 Å². The molecule has 0 amide bonds. The van der Waals surface area contributed by atoms with Crippen LogP contribution >= 0.6 is 0 Å². The van der Waals surface area contributed by atoms with E-state index in [4.69, 9.17) is 9.47 Å². The molecule has 6 heteroatoms. The zero-order chi connectivity index (χ0) is 22.1. The van der Waals surface area contributed by atoms with Crippen LogP contribution in [0.1, 0.15) is 49.0 Å². The Morgan fingerprint density at radius 1 is 0.935 bits per heavy atom. The fraction of sp³-hybridized carbons (Fsp3) is 0.280. The molecule has 3 aromatic rings. The van der Waals surface area contributed by atoms with Gasteiger partial charge in [-0.2, -0.15) is 0 Å². The smallest absolute Gasteiger partial charge is 0.338 e. The Labute approximate surface area is 182 Å². The second-order valence-electron chi connectivity index (χ2n) is 7.36. The van der Waals surface area contributed by atoms with Gasteiger partial charge in [-0.15, -0.1) is 0 Å². The van der Waals surface area contributed by atoms with Crippen LogP contribution in [-0.4, -0.2) is 28.0 Å². The molecule has 0 saturated heterocycles. The van der Waals surface area contributed by atoms with Crippen LogP contribution in [0, 0.1) is 0 Å². The summed E-state index contributed by atoms with van der Waals surface area (Å²) in [4.78, 5) is 31.9. The van der Waals surface area contributed by atoms with Gasteiger partial charge in [-0.1, -0.05) is 18.2 Å². The molecule has 0 aliphatic carbocycles. The van der Waals surface area contributed by atoms with Gasteiger partial charge in [0, 0.05) is 24.9 Å². The van der Waals surface area contributed by atoms with Crippen molar-refractivity contribution in [3.63, 3.8) is 0 Å². The summed E-state index contributed by atoms with van der Waals surface area (Å²) in [5.41, 5.74) is 2.50. The van der Waals surface area contributed by atoms with Crippen molar-refractivity contribution in [3.8, 4) is 17.1 Å². The van der Waals surface area contributed by atoms with Gasteiger partial charge in [0.1, 0.15) is 5.75 Å².